The Balaban J connectivity index is 2.07. The van der Waals surface area contributed by atoms with Crippen LogP contribution < -0.4 is 0 Å². The zero-order chi connectivity index (χ0) is 27.9. The normalized spacial score (nSPS) is 11.7. The number of fused-ring (bicyclic) bond motifs is 1. The van der Waals surface area contributed by atoms with Crippen LogP contribution in [-0.4, -0.2) is 0 Å². The molecule has 0 fully saturated rings. The fourth-order valence-corrected chi connectivity index (χ4v) is 5.36. The first-order valence-corrected chi connectivity index (χ1v) is 13.2. The van der Waals surface area contributed by atoms with Crippen LogP contribution >= 0.6 is 0 Å². The summed E-state index contributed by atoms with van der Waals surface area (Å²) >= 11 is 0. The highest BCUT2D eigenvalue weighted by atomic mass is 14.2. The second kappa shape index (κ2) is 12.2. The van der Waals surface area contributed by atoms with Gasteiger partial charge in [0.15, 0.2) is 0 Å². The van der Waals surface area contributed by atoms with Crippen molar-refractivity contribution in [3.05, 3.63) is 169 Å². The number of hydrogen-bond acceptors (Lipinski definition) is 0. The van der Waals surface area contributed by atoms with Gasteiger partial charge in [-0.2, -0.15) is 0 Å². The van der Waals surface area contributed by atoms with E-state index in [-0.39, 0.29) is 0 Å². The lowest BCUT2D eigenvalue weighted by Crippen LogP contribution is -2.00. The summed E-state index contributed by atoms with van der Waals surface area (Å²) < 4.78 is 0. The van der Waals surface area contributed by atoms with E-state index < -0.39 is 0 Å². The van der Waals surface area contributed by atoms with Crippen LogP contribution in [0.15, 0.2) is 136 Å². The average Bonchev–Trinajstić information content (AvgIpc) is 2.95. The van der Waals surface area contributed by atoms with Gasteiger partial charge in [0.25, 0.3) is 0 Å². The topological polar surface area (TPSA) is 0 Å². The zero-order valence-electron chi connectivity index (χ0n) is 23.1. The van der Waals surface area contributed by atoms with E-state index in [9.17, 15) is 0 Å². The number of benzene rings is 4. The van der Waals surface area contributed by atoms with E-state index in [0.29, 0.717) is 6.42 Å². The third-order valence-electron chi connectivity index (χ3n) is 7.03. The second-order valence-corrected chi connectivity index (χ2v) is 9.77. The van der Waals surface area contributed by atoms with Gasteiger partial charge in [-0.25, -0.2) is 0 Å². The maximum Gasteiger partial charge on any atom is -0.00237 e. The molecule has 0 spiro atoms. The molecular weight excluding hydrogens is 468 g/mol. The summed E-state index contributed by atoms with van der Waals surface area (Å²) in [5.41, 5.74) is 12.2. The van der Waals surface area contributed by atoms with Gasteiger partial charge >= 0.3 is 0 Å². The van der Waals surface area contributed by atoms with Crippen LogP contribution in [0.2, 0.25) is 0 Å². The smallest absolute Gasteiger partial charge is 0.00237 e. The lowest BCUT2D eigenvalue weighted by molar-refractivity contribution is 1.30. The molecule has 0 atom stereocenters. The van der Waals surface area contributed by atoms with Gasteiger partial charge in [-0.3, -0.25) is 0 Å². The van der Waals surface area contributed by atoms with Gasteiger partial charge in [-0.1, -0.05) is 147 Å². The Bertz CT molecular complexity index is 1630. The van der Waals surface area contributed by atoms with Crippen LogP contribution in [-0.2, 0) is 0 Å². The Kier molecular flexibility index (Phi) is 8.59. The fraction of sp³-hybridized carbons (Fsp3) is 0.0769. The molecule has 4 aromatic carbocycles. The Morgan fingerprint density at radius 1 is 0.718 bits per heavy atom. The summed E-state index contributed by atoms with van der Waals surface area (Å²) in [6.07, 6.45) is 12.7. The lowest BCUT2D eigenvalue weighted by Gasteiger charge is -2.22. The lowest BCUT2D eigenvalue weighted by atomic mass is 9.81. The molecule has 0 amide bonds. The average molecular weight is 505 g/mol. The number of hydrogen-bond donors (Lipinski definition) is 0. The van der Waals surface area contributed by atoms with Crippen LogP contribution in [0.3, 0.4) is 0 Å². The molecule has 4 aromatic rings. The molecule has 0 saturated carbocycles. The quantitative estimate of drug-likeness (QED) is 0.149. The minimum atomic E-state index is 0.688. The highest BCUT2D eigenvalue weighted by Gasteiger charge is 2.20. The van der Waals surface area contributed by atoms with Crippen molar-refractivity contribution in [2.24, 2.45) is 0 Å². The molecule has 0 bridgehead atoms. The molecule has 0 saturated heterocycles. The number of aryl methyl sites for hydroxylation is 2. The minimum Gasteiger partial charge on any atom is -0.103 e. The summed E-state index contributed by atoms with van der Waals surface area (Å²) in [6, 6.07) is 25.6. The van der Waals surface area contributed by atoms with E-state index in [0.717, 1.165) is 55.5 Å². The van der Waals surface area contributed by atoms with Crippen molar-refractivity contribution >= 4 is 34.1 Å². The summed E-state index contributed by atoms with van der Waals surface area (Å²) in [5.74, 6) is 0. The van der Waals surface area contributed by atoms with Crippen molar-refractivity contribution in [1.29, 1.82) is 0 Å². The Labute approximate surface area is 234 Å². The Morgan fingerprint density at radius 2 is 1.33 bits per heavy atom. The van der Waals surface area contributed by atoms with Gasteiger partial charge in [0.05, 0.1) is 0 Å². The summed E-state index contributed by atoms with van der Waals surface area (Å²) in [6.45, 7) is 25.3. The molecule has 0 unspecified atom stereocenters. The Morgan fingerprint density at radius 3 is 1.92 bits per heavy atom. The molecule has 0 heterocycles. The van der Waals surface area contributed by atoms with Crippen LogP contribution in [0.1, 0.15) is 39.8 Å². The second-order valence-electron chi connectivity index (χ2n) is 9.77. The summed E-state index contributed by atoms with van der Waals surface area (Å²) in [7, 11) is 0. The van der Waals surface area contributed by atoms with Crippen LogP contribution in [0, 0.1) is 13.8 Å². The van der Waals surface area contributed by atoms with Crippen molar-refractivity contribution in [3.63, 3.8) is 0 Å². The van der Waals surface area contributed by atoms with Crippen molar-refractivity contribution in [1.82, 2.24) is 0 Å². The monoisotopic (exact) mass is 504 g/mol. The molecule has 0 nitrogen and oxygen atoms in total. The first kappa shape index (κ1) is 27.4. The molecular formula is C39H36. The van der Waals surface area contributed by atoms with E-state index in [2.05, 4.69) is 126 Å². The predicted molar refractivity (Wildman–Crippen MR) is 176 cm³/mol. The van der Waals surface area contributed by atoms with E-state index in [4.69, 9.17) is 0 Å². The van der Waals surface area contributed by atoms with Crippen molar-refractivity contribution in [2.45, 2.75) is 20.3 Å². The minimum absolute atomic E-state index is 0.688. The van der Waals surface area contributed by atoms with Gasteiger partial charge in [0.1, 0.15) is 0 Å². The maximum absolute atomic E-state index is 4.40. The fourth-order valence-electron chi connectivity index (χ4n) is 5.36. The maximum atomic E-state index is 4.40. The Hall–Kier alpha value is -4.68. The molecule has 0 N–H and O–H groups in total. The van der Waals surface area contributed by atoms with Gasteiger partial charge in [-0.15, -0.1) is 6.58 Å². The molecule has 192 valence electrons. The third kappa shape index (κ3) is 5.61. The molecule has 0 heteroatoms. The predicted octanol–water partition coefficient (Wildman–Crippen LogP) is 11.2. The SMILES string of the molecule is C=CC/C(C=C)=C(\C=C/C(=C)c1cc(C)cc(C)c1)c1c(C=C)c(C=C)c(-c2ccccc2)c2ccccc12. The van der Waals surface area contributed by atoms with E-state index >= 15 is 0 Å². The van der Waals surface area contributed by atoms with Gasteiger partial charge in [0.2, 0.25) is 0 Å². The summed E-state index contributed by atoms with van der Waals surface area (Å²) in [4.78, 5) is 0. The molecule has 0 aromatic heterocycles. The number of allylic oxidation sites excluding steroid dienone is 7. The first-order chi connectivity index (χ1) is 18.9. The van der Waals surface area contributed by atoms with E-state index in [1.807, 2.05) is 30.4 Å². The molecule has 0 radical (unpaired) electrons. The third-order valence-corrected chi connectivity index (χ3v) is 7.03. The summed E-state index contributed by atoms with van der Waals surface area (Å²) in [5, 5.41) is 2.32. The van der Waals surface area contributed by atoms with Crippen molar-refractivity contribution < 1.29 is 0 Å². The van der Waals surface area contributed by atoms with Crippen LogP contribution in [0.25, 0.3) is 45.2 Å². The standard InChI is InChI=1S/C39H36/c1-8-17-30(9-2)35(23-22-29(7)32-25-27(5)24-28(6)26-32)39-34(11-4)33(10-3)38(31-18-13-12-14-19-31)36-20-15-16-21-37(36)39/h8-16,18-26H,1-4,7,17H2,5-6H3/b23-22-,35-30+. The van der Waals surface area contributed by atoms with Gasteiger partial charge in [0, 0.05) is 0 Å². The highest BCUT2D eigenvalue weighted by molar-refractivity contribution is 6.10. The largest absolute Gasteiger partial charge is 0.103 e. The molecule has 0 aliphatic heterocycles. The van der Waals surface area contributed by atoms with E-state index in [1.54, 1.807) is 0 Å². The van der Waals surface area contributed by atoms with Crippen LogP contribution in [0.4, 0.5) is 0 Å². The van der Waals surface area contributed by atoms with Gasteiger partial charge < -0.3 is 0 Å². The van der Waals surface area contributed by atoms with Crippen molar-refractivity contribution in [2.75, 3.05) is 0 Å². The van der Waals surface area contributed by atoms with Crippen molar-refractivity contribution in [3.8, 4) is 11.1 Å². The number of rotatable bonds is 10. The zero-order valence-corrected chi connectivity index (χ0v) is 23.1. The molecule has 4 rings (SSSR count). The van der Waals surface area contributed by atoms with E-state index in [1.165, 1.54) is 16.5 Å². The highest BCUT2D eigenvalue weighted by Crippen LogP contribution is 2.43. The van der Waals surface area contributed by atoms with Gasteiger partial charge in [-0.05, 0) is 81.1 Å². The van der Waals surface area contributed by atoms with Crippen LogP contribution in [0.5, 0.6) is 0 Å². The first-order valence-electron chi connectivity index (χ1n) is 13.2. The molecule has 0 aliphatic rings. The molecule has 0 aliphatic carbocycles. The molecule has 39 heavy (non-hydrogen) atoms.